The quantitative estimate of drug-likeness (QED) is 0.221. The molecule has 0 aliphatic heterocycles. The second kappa shape index (κ2) is 10.9. The van der Waals surface area contributed by atoms with Crippen molar-refractivity contribution in [3.05, 3.63) is 113 Å². The zero-order valence-electron chi connectivity index (χ0n) is 20.4. The van der Waals surface area contributed by atoms with E-state index < -0.39 is 17.9 Å². The van der Waals surface area contributed by atoms with Crippen LogP contribution in [-0.4, -0.2) is 23.0 Å². The number of nitrogens with one attached hydrogen (secondary N) is 1. The number of amides is 1. The minimum absolute atomic E-state index is 0.0856. The van der Waals surface area contributed by atoms with Crippen LogP contribution in [0.3, 0.4) is 0 Å². The number of ether oxygens (including phenoxy) is 1. The lowest BCUT2D eigenvalue weighted by atomic mass is 10.0. The van der Waals surface area contributed by atoms with E-state index in [9.17, 15) is 14.7 Å². The Morgan fingerprint density at radius 3 is 2.39 bits per heavy atom. The summed E-state index contributed by atoms with van der Waals surface area (Å²) in [6.45, 7) is 2.14. The van der Waals surface area contributed by atoms with E-state index in [0.29, 0.717) is 28.5 Å². The van der Waals surface area contributed by atoms with Gasteiger partial charge in [-0.25, -0.2) is 4.79 Å². The van der Waals surface area contributed by atoms with Crippen LogP contribution in [0.1, 0.15) is 27.2 Å². The molecular weight excluding hydrogens is 506 g/mol. The molecule has 5 aromatic rings. The van der Waals surface area contributed by atoms with Gasteiger partial charge in [0.15, 0.2) is 5.76 Å². The number of fused-ring (bicyclic) bond motifs is 1. The number of carbonyl (C=O) groups excluding carboxylic acids is 1. The van der Waals surface area contributed by atoms with Gasteiger partial charge >= 0.3 is 5.97 Å². The van der Waals surface area contributed by atoms with Gasteiger partial charge < -0.3 is 24.0 Å². The van der Waals surface area contributed by atoms with E-state index in [4.69, 9.17) is 25.2 Å². The molecule has 7 nitrogen and oxygen atoms in total. The maximum atomic E-state index is 13.1. The molecule has 2 heterocycles. The largest absolute Gasteiger partial charge is 0.489 e. The van der Waals surface area contributed by atoms with Gasteiger partial charge in [0, 0.05) is 28.0 Å². The average Bonchev–Trinajstić information content (AvgIpc) is 3.56. The van der Waals surface area contributed by atoms with Crippen LogP contribution in [0.5, 0.6) is 5.75 Å². The van der Waals surface area contributed by atoms with Crippen LogP contribution in [0, 0.1) is 6.92 Å². The summed E-state index contributed by atoms with van der Waals surface area (Å²) in [5.41, 5.74) is 4.70. The molecule has 192 valence electrons. The van der Waals surface area contributed by atoms with E-state index >= 15 is 0 Å². The van der Waals surface area contributed by atoms with Crippen LogP contribution in [0.25, 0.3) is 22.1 Å². The standard InChI is InChI=1S/C30H24ClNO6/c1-18-25-11-6-22(21-4-7-23(31)8-5-21)15-27(25)38-28(18)29(33)32-26(30(34)35)14-19-2-9-24(10-3-19)37-17-20-12-13-36-16-20/h2-13,15-16,26H,14,17H2,1H3,(H,32,33)(H,34,35). The summed E-state index contributed by atoms with van der Waals surface area (Å²) in [6, 6.07) is 20.9. The SMILES string of the molecule is Cc1c(C(=O)NC(Cc2ccc(OCc3ccoc3)cc2)C(=O)O)oc2cc(-c3ccc(Cl)cc3)ccc12. The van der Waals surface area contributed by atoms with Gasteiger partial charge in [-0.2, -0.15) is 0 Å². The van der Waals surface area contributed by atoms with Crippen molar-refractivity contribution in [3.63, 3.8) is 0 Å². The third kappa shape index (κ3) is 5.58. The second-order valence-corrected chi connectivity index (χ2v) is 9.34. The zero-order valence-corrected chi connectivity index (χ0v) is 21.2. The number of furan rings is 2. The number of rotatable bonds is 9. The van der Waals surface area contributed by atoms with Gasteiger partial charge in [-0.3, -0.25) is 4.79 Å². The van der Waals surface area contributed by atoms with Crippen LogP contribution >= 0.6 is 11.6 Å². The Labute approximate surface area is 223 Å². The molecule has 2 N–H and O–H groups in total. The predicted molar refractivity (Wildman–Crippen MR) is 143 cm³/mol. The smallest absolute Gasteiger partial charge is 0.326 e. The van der Waals surface area contributed by atoms with Crippen LogP contribution in [0.15, 0.2) is 94.2 Å². The molecule has 0 fully saturated rings. The Hall–Kier alpha value is -4.49. The highest BCUT2D eigenvalue weighted by atomic mass is 35.5. The van der Waals surface area contributed by atoms with Gasteiger partial charge in [0.25, 0.3) is 5.91 Å². The lowest BCUT2D eigenvalue weighted by Crippen LogP contribution is -2.42. The van der Waals surface area contributed by atoms with Gasteiger partial charge in [0.05, 0.1) is 12.5 Å². The monoisotopic (exact) mass is 529 g/mol. The highest BCUT2D eigenvalue weighted by molar-refractivity contribution is 6.30. The normalized spacial score (nSPS) is 11.8. The summed E-state index contributed by atoms with van der Waals surface area (Å²) < 4.78 is 16.6. The van der Waals surface area contributed by atoms with E-state index in [2.05, 4.69) is 5.32 Å². The Kier molecular flexibility index (Phi) is 7.20. The molecule has 0 saturated carbocycles. The number of carboxylic acid groups (broad SMARTS) is 1. The van der Waals surface area contributed by atoms with E-state index in [1.165, 1.54) is 0 Å². The highest BCUT2D eigenvalue weighted by Crippen LogP contribution is 2.30. The number of aliphatic carboxylic acids is 1. The first kappa shape index (κ1) is 25.2. The third-order valence-corrected chi connectivity index (χ3v) is 6.53. The fraction of sp³-hybridized carbons (Fsp3) is 0.133. The summed E-state index contributed by atoms with van der Waals surface area (Å²) in [7, 11) is 0. The molecule has 0 aliphatic carbocycles. The van der Waals surface area contributed by atoms with Crippen molar-refractivity contribution in [1.82, 2.24) is 5.32 Å². The number of hydrogen-bond acceptors (Lipinski definition) is 5. The average molecular weight is 530 g/mol. The molecule has 0 spiro atoms. The fourth-order valence-electron chi connectivity index (χ4n) is 4.19. The van der Waals surface area contributed by atoms with Crippen molar-refractivity contribution in [2.45, 2.75) is 26.0 Å². The predicted octanol–water partition coefficient (Wildman–Crippen LogP) is 6.66. The summed E-state index contributed by atoms with van der Waals surface area (Å²) in [5, 5.41) is 13.8. The Morgan fingerprint density at radius 1 is 0.974 bits per heavy atom. The lowest BCUT2D eigenvalue weighted by Gasteiger charge is -2.14. The molecule has 1 atom stereocenters. The number of benzene rings is 3. The maximum Gasteiger partial charge on any atom is 0.326 e. The van der Waals surface area contributed by atoms with Crippen molar-refractivity contribution < 1.29 is 28.3 Å². The van der Waals surface area contributed by atoms with Crippen molar-refractivity contribution >= 4 is 34.4 Å². The Balaban J connectivity index is 1.28. The van der Waals surface area contributed by atoms with Crippen molar-refractivity contribution in [2.75, 3.05) is 0 Å². The molecule has 0 radical (unpaired) electrons. The zero-order chi connectivity index (χ0) is 26.6. The summed E-state index contributed by atoms with van der Waals surface area (Å²) >= 11 is 5.99. The molecule has 0 saturated heterocycles. The van der Waals surface area contributed by atoms with Gasteiger partial charge in [0.1, 0.15) is 24.0 Å². The second-order valence-electron chi connectivity index (χ2n) is 8.91. The van der Waals surface area contributed by atoms with E-state index in [-0.39, 0.29) is 12.2 Å². The number of carboxylic acids is 1. The fourth-order valence-corrected chi connectivity index (χ4v) is 4.31. The van der Waals surface area contributed by atoms with Crippen LogP contribution in [0.4, 0.5) is 0 Å². The molecule has 1 unspecified atom stereocenters. The van der Waals surface area contributed by atoms with Crippen LogP contribution in [-0.2, 0) is 17.8 Å². The summed E-state index contributed by atoms with van der Waals surface area (Å²) in [5.74, 6) is -0.999. The lowest BCUT2D eigenvalue weighted by molar-refractivity contribution is -0.139. The van der Waals surface area contributed by atoms with Crippen molar-refractivity contribution in [2.24, 2.45) is 0 Å². The number of hydrogen-bond donors (Lipinski definition) is 2. The third-order valence-electron chi connectivity index (χ3n) is 6.27. The van der Waals surface area contributed by atoms with E-state index in [1.807, 2.05) is 36.4 Å². The van der Waals surface area contributed by atoms with E-state index in [0.717, 1.165) is 27.6 Å². The minimum atomic E-state index is -1.14. The molecule has 3 aromatic carbocycles. The number of halogens is 1. The number of carbonyl (C=O) groups is 2. The first-order chi connectivity index (χ1) is 18.4. The minimum Gasteiger partial charge on any atom is -0.489 e. The van der Waals surface area contributed by atoms with Crippen molar-refractivity contribution in [1.29, 1.82) is 0 Å². The molecular formula is C30H24ClNO6. The molecule has 0 bridgehead atoms. The maximum absolute atomic E-state index is 13.1. The van der Waals surface area contributed by atoms with Gasteiger partial charge in [-0.05, 0) is 60.0 Å². The van der Waals surface area contributed by atoms with Gasteiger partial charge in [-0.15, -0.1) is 0 Å². The number of aryl methyl sites for hydroxylation is 1. The van der Waals surface area contributed by atoms with Crippen LogP contribution < -0.4 is 10.1 Å². The topological polar surface area (TPSA) is 102 Å². The summed E-state index contributed by atoms with van der Waals surface area (Å²) in [4.78, 5) is 25.0. The first-order valence-corrected chi connectivity index (χ1v) is 12.3. The van der Waals surface area contributed by atoms with Crippen LogP contribution in [0.2, 0.25) is 5.02 Å². The van der Waals surface area contributed by atoms with Gasteiger partial charge in [0.2, 0.25) is 0 Å². The van der Waals surface area contributed by atoms with Crippen molar-refractivity contribution in [3.8, 4) is 16.9 Å². The molecule has 2 aromatic heterocycles. The Bertz CT molecular complexity index is 1570. The van der Waals surface area contributed by atoms with Gasteiger partial charge in [-0.1, -0.05) is 48.0 Å². The molecule has 38 heavy (non-hydrogen) atoms. The summed E-state index contributed by atoms with van der Waals surface area (Å²) in [6.07, 6.45) is 3.29. The Morgan fingerprint density at radius 2 is 1.71 bits per heavy atom. The van der Waals surface area contributed by atoms with E-state index in [1.54, 1.807) is 55.8 Å². The molecule has 8 heteroatoms. The molecule has 0 aliphatic rings. The molecule has 1 amide bonds. The first-order valence-electron chi connectivity index (χ1n) is 11.9. The highest BCUT2D eigenvalue weighted by Gasteiger charge is 2.25. The molecule has 5 rings (SSSR count).